The molecule has 0 amide bonds. The minimum atomic E-state index is -3.81. The summed E-state index contributed by atoms with van der Waals surface area (Å²) < 4.78 is 31.3. The Morgan fingerprint density at radius 3 is 2.36 bits per heavy atom. The molecule has 3 aromatic rings. The maximum Gasteiger partial charge on any atom is 0.261 e. The van der Waals surface area contributed by atoms with Gasteiger partial charge in [0.2, 0.25) is 0 Å². The van der Waals surface area contributed by atoms with E-state index in [0.717, 1.165) is 37.3 Å². The van der Waals surface area contributed by atoms with Crippen LogP contribution in [0.1, 0.15) is 51.0 Å². The predicted molar refractivity (Wildman–Crippen MR) is 132 cm³/mol. The van der Waals surface area contributed by atoms with E-state index in [2.05, 4.69) is 45.6 Å². The highest BCUT2D eigenvalue weighted by molar-refractivity contribution is 7.92. The van der Waals surface area contributed by atoms with Crippen molar-refractivity contribution in [3.05, 3.63) is 58.9 Å². The maximum absolute atomic E-state index is 13.2. The summed E-state index contributed by atoms with van der Waals surface area (Å²) in [7, 11) is -3.81. The molecule has 0 aliphatic carbocycles. The van der Waals surface area contributed by atoms with Crippen LogP contribution in [0.25, 0.3) is 11.4 Å². The number of anilines is 1. The monoisotopic (exact) mass is 487 g/mol. The van der Waals surface area contributed by atoms with Gasteiger partial charge < -0.3 is 9.88 Å². The second kappa shape index (κ2) is 9.08. The quantitative estimate of drug-likeness (QED) is 0.532. The van der Waals surface area contributed by atoms with E-state index in [-0.39, 0.29) is 16.4 Å². The van der Waals surface area contributed by atoms with Crippen LogP contribution in [-0.2, 0) is 15.4 Å². The summed E-state index contributed by atoms with van der Waals surface area (Å²) in [5.41, 5.74) is 2.04. The number of hydrogen-bond donors (Lipinski definition) is 2. The lowest BCUT2D eigenvalue weighted by Gasteiger charge is -2.26. The molecule has 33 heavy (non-hydrogen) atoms. The fraction of sp³-hybridized carbons (Fsp3) is 0.417. The molecule has 1 aliphatic heterocycles. The van der Waals surface area contributed by atoms with Crippen LogP contribution in [-0.4, -0.2) is 36.3 Å². The summed E-state index contributed by atoms with van der Waals surface area (Å²) in [6, 6.07) is 12.3. The van der Waals surface area contributed by atoms with E-state index in [4.69, 9.17) is 11.6 Å². The number of nitrogens with zero attached hydrogens (tertiary/aromatic N) is 3. The summed E-state index contributed by atoms with van der Waals surface area (Å²) in [6.45, 7) is 10.0. The standard InChI is InChI=1S/C24H30ClN5O2S/c1-16-27-28-23(30(16)19-11-13-26-14-12-19)21-15-18(25)7-10-22(21)29-33(31,32)20-8-5-17(6-9-20)24(2,3)4/h5-10,15,19,26,29H,11-14H2,1-4H3. The molecule has 0 bridgehead atoms. The van der Waals surface area contributed by atoms with Crippen LogP contribution in [0.5, 0.6) is 0 Å². The van der Waals surface area contributed by atoms with E-state index in [1.807, 2.05) is 19.1 Å². The topological polar surface area (TPSA) is 88.9 Å². The van der Waals surface area contributed by atoms with Gasteiger partial charge in [0.25, 0.3) is 10.0 Å². The highest BCUT2D eigenvalue weighted by Gasteiger charge is 2.25. The number of hydrogen-bond acceptors (Lipinski definition) is 5. The molecule has 176 valence electrons. The third-order valence-electron chi connectivity index (χ3n) is 6.04. The van der Waals surface area contributed by atoms with Gasteiger partial charge >= 0.3 is 0 Å². The van der Waals surface area contributed by atoms with Crippen LogP contribution in [0.4, 0.5) is 5.69 Å². The second-order valence-corrected chi connectivity index (χ2v) is 11.6. The molecule has 1 aromatic heterocycles. The van der Waals surface area contributed by atoms with Gasteiger partial charge in [0.1, 0.15) is 5.82 Å². The average molecular weight is 488 g/mol. The Labute approximate surface area is 200 Å². The Balaban J connectivity index is 1.72. The summed E-state index contributed by atoms with van der Waals surface area (Å²) >= 11 is 6.32. The highest BCUT2D eigenvalue weighted by atomic mass is 35.5. The molecule has 0 saturated carbocycles. The molecule has 0 spiro atoms. The molecule has 9 heteroatoms. The third kappa shape index (κ3) is 5.08. The van der Waals surface area contributed by atoms with Crippen LogP contribution < -0.4 is 10.0 Å². The molecule has 1 saturated heterocycles. The van der Waals surface area contributed by atoms with Crippen LogP contribution in [0, 0.1) is 6.92 Å². The number of benzene rings is 2. The van der Waals surface area contributed by atoms with Gasteiger partial charge in [0.15, 0.2) is 5.82 Å². The van der Waals surface area contributed by atoms with Crippen molar-refractivity contribution in [3.8, 4) is 11.4 Å². The normalized spacial score (nSPS) is 15.5. The minimum absolute atomic E-state index is 0.0599. The molecule has 2 heterocycles. The minimum Gasteiger partial charge on any atom is -0.317 e. The first-order valence-electron chi connectivity index (χ1n) is 11.1. The van der Waals surface area contributed by atoms with Crippen LogP contribution in [0.15, 0.2) is 47.4 Å². The lowest BCUT2D eigenvalue weighted by Crippen LogP contribution is -2.30. The molecule has 1 aliphatic rings. The fourth-order valence-corrected chi connectivity index (χ4v) is 5.44. The fourth-order valence-electron chi connectivity index (χ4n) is 4.18. The largest absolute Gasteiger partial charge is 0.317 e. The molecular formula is C24H30ClN5O2S. The summed E-state index contributed by atoms with van der Waals surface area (Å²) in [5.74, 6) is 1.41. The molecule has 4 rings (SSSR count). The first kappa shape index (κ1) is 23.7. The van der Waals surface area contributed by atoms with Crippen molar-refractivity contribution in [2.24, 2.45) is 0 Å². The third-order valence-corrected chi connectivity index (χ3v) is 7.65. The van der Waals surface area contributed by atoms with Crippen molar-refractivity contribution >= 4 is 27.3 Å². The smallest absolute Gasteiger partial charge is 0.261 e. The van der Waals surface area contributed by atoms with Gasteiger partial charge in [-0.05, 0) is 74.2 Å². The Kier molecular flexibility index (Phi) is 6.53. The van der Waals surface area contributed by atoms with E-state index in [1.165, 1.54) is 0 Å². The summed E-state index contributed by atoms with van der Waals surface area (Å²) in [6.07, 6.45) is 1.90. The van der Waals surface area contributed by atoms with Crippen molar-refractivity contribution in [1.29, 1.82) is 0 Å². The van der Waals surface area contributed by atoms with Crippen molar-refractivity contribution in [1.82, 2.24) is 20.1 Å². The number of sulfonamides is 1. The molecule has 7 nitrogen and oxygen atoms in total. The van der Waals surface area contributed by atoms with E-state index in [9.17, 15) is 8.42 Å². The highest BCUT2D eigenvalue weighted by Crippen LogP contribution is 2.35. The Morgan fingerprint density at radius 1 is 1.06 bits per heavy atom. The van der Waals surface area contributed by atoms with Gasteiger partial charge in [-0.1, -0.05) is 44.5 Å². The Morgan fingerprint density at radius 2 is 1.73 bits per heavy atom. The molecule has 0 radical (unpaired) electrons. The predicted octanol–water partition coefficient (Wildman–Crippen LogP) is 4.93. The van der Waals surface area contributed by atoms with Gasteiger partial charge in [-0.3, -0.25) is 4.72 Å². The van der Waals surface area contributed by atoms with Crippen LogP contribution in [0.3, 0.4) is 0 Å². The number of aromatic nitrogens is 3. The maximum atomic E-state index is 13.2. The molecule has 0 atom stereocenters. The number of nitrogens with one attached hydrogen (secondary N) is 2. The van der Waals surface area contributed by atoms with Gasteiger partial charge in [-0.25, -0.2) is 8.42 Å². The van der Waals surface area contributed by atoms with Crippen molar-refractivity contribution in [2.45, 2.75) is 56.9 Å². The zero-order valence-corrected chi connectivity index (χ0v) is 21.0. The van der Waals surface area contributed by atoms with E-state index < -0.39 is 10.0 Å². The SMILES string of the molecule is Cc1nnc(-c2cc(Cl)ccc2NS(=O)(=O)c2ccc(C(C)(C)C)cc2)n1C1CCNCC1. The second-order valence-electron chi connectivity index (χ2n) is 9.49. The van der Waals surface area contributed by atoms with E-state index in [0.29, 0.717) is 22.1 Å². The zero-order chi connectivity index (χ0) is 23.8. The average Bonchev–Trinajstić information content (AvgIpc) is 3.16. The van der Waals surface area contributed by atoms with Crippen LogP contribution in [0.2, 0.25) is 5.02 Å². The van der Waals surface area contributed by atoms with Crippen LogP contribution >= 0.6 is 11.6 Å². The van der Waals surface area contributed by atoms with Gasteiger partial charge in [-0.2, -0.15) is 0 Å². The number of aryl methyl sites for hydroxylation is 1. The summed E-state index contributed by atoms with van der Waals surface area (Å²) in [4.78, 5) is 0.201. The van der Waals surface area contributed by atoms with Gasteiger partial charge in [0, 0.05) is 16.6 Å². The molecule has 0 unspecified atom stereocenters. The van der Waals surface area contributed by atoms with Crippen molar-refractivity contribution in [3.63, 3.8) is 0 Å². The van der Waals surface area contributed by atoms with Gasteiger partial charge in [-0.15, -0.1) is 10.2 Å². The lowest BCUT2D eigenvalue weighted by atomic mass is 9.87. The zero-order valence-electron chi connectivity index (χ0n) is 19.4. The Bertz CT molecular complexity index is 1240. The number of rotatable bonds is 5. The molecule has 2 N–H and O–H groups in total. The molecular weight excluding hydrogens is 458 g/mol. The molecule has 1 fully saturated rings. The number of halogens is 1. The number of piperidine rings is 1. The molecule has 2 aromatic carbocycles. The van der Waals surface area contributed by atoms with Crippen molar-refractivity contribution < 1.29 is 8.42 Å². The first-order chi connectivity index (χ1) is 15.6. The lowest BCUT2D eigenvalue weighted by molar-refractivity contribution is 0.365. The van der Waals surface area contributed by atoms with E-state index in [1.54, 1.807) is 30.3 Å². The first-order valence-corrected chi connectivity index (χ1v) is 13.0. The van der Waals surface area contributed by atoms with Crippen molar-refractivity contribution in [2.75, 3.05) is 17.8 Å². The Hall–Kier alpha value is -2.42. The van der Waals surface area contributed by atoms with E-state index >= 15 is 0 Å². The summed E-state index contributed by atoms with van der Waals surface area (Å²) in [5, 5.41) is 12.6. The van der Waals surface area contributed by atoms with Gasteiger partial charge in [0.05, 0.1) is 10.6 Å².